The Morgan fingerprint density at radius 1 is 0.966 bits per heavy atom. The van der Waals surface area contributed by atoms with Gasteiger partial charge in [-0.25, -0.2) is 9.59 Å². The molecule has 1 spiro atoms. The zero-order valence-electron chi connectivity index (χ0n) is 15.5. The molecule has 2 aliphatic rings. The van der Waals surface area contributed by atoms with E-state index in [9.17, 15) is 9.59 Å². The number of hydrogen-bond donors (Lipinski definition) is 0. The third kappa shape index (κ3) is 4.41. The van der Waals surface area contributed by atoms with Crippen LogP contribution < -0.4 is 4.74 Å². The van der Waals surface area contributed by atoms with E-state index >= 15 is 0 Å². The second kappa shape index (κ2) is 8.32. The van der Waals surface area contributed by atoms with Crippen molar-refractivity contribution in [2.24, 2.45) is 0 Å². The van der Waals surface area contributed by atoms with Gasteiger partial charge in [0.2, 0.25) is 0 Å². The van der Waals surface area contributed by atoms with Gasteiger partial charge in [-0.1, -0.05) is 30.3 Å². The standard InChI is InChI=1S/C22H18Br2O5/c23-17-11-15(12-18(24)19(17)27-13-14-6-2-1-3-7-14)10-16-20(25)28-22(29-21(16)26)8-4-5-9-22/h1-3,6-7,10-12H,4-5,8-9,13H2. The highest BCUT2D eigenvalue weighted by molar-refractivity contribution is 9.11. The number of halogens is 2. The summed E-state index contributed by atoms with van der Waals surface area (Å²) in [6.45, 7) is 0.416. The van der Waals surface area contributed by atoms with Crippen molar-refractivity contribution in [3.8, 4) is 5.75 Å². The highest BCUT2D eigenvalue weighted by atomic mass is 79.9. The van der Waals surface area contributed by atoms with Gasteiger partial charge in [0.25, 0.3) is 5.79 Å². The molecule has 1 heterocycles. The molecule has 0 radical (unpaired) electrons. The van der Waals surface area contributed by atoms with Gasteiger partial charge in [0.1, 0.15) is 17.9 Å². The quantitative estimate of drug-likeness (QED) is 0.300. The monoisotopic (exact) mass is 520 g/mol. The Labute approximate surface area is 185 Å². The van der Waals surface area contributed by atoms with Crippen LogP contribution in [-0.2, 0) is 25.7 Å². The summed E-state index contributed by atoms with van der Waals surface area (Å²) in [5, 5.41) is 0. The predicted molar refractivity (Wildman–Crippen MR) is 114 cm³/mol. The average molecular weight is 522 g/mol. The van der Waals surface area contributed by atoms with Crippen LogP contribution in [0.5, 0.6) is 5.75 Å². The molecular formula is C22H18Br2O5. The second-order valence-corrected chi connectivity index (χ2v) is 8.75. The van der Waals surface area contributed by atoms with Crippen molar-refractivity contribution in [1.29, 1.82) is 0 Å². The van der Waals surface area contributed by atoms with Gasteiger partial charge in [-0.2, -0.15) is 0 Å². The molecule has 0 unspecified atom stereocenters. The van der Waals surface area contributed by atoms with Crippen LogP contribution in [0.4, 0.5) is 0 Å². The van der Waals surface area contributed by atoms with E-state index in [-0.39, 0.29) is 5.57 Å². The van der Waals surface area contributed by atoms with Crippen LogP contribution >= 0.6 is 31.9 Å². The SMILES string of the molecule is O=C1OC2(CCCC2)OC(=O)C1=Cc1cc(Br)c(OCc2ccccc2)c(Br)c1. The highest BCUT2D eigenvalue weighted by Gasteiger charge is 2.47. The summed E-state index contributed by atoms with van der Waals surface area (Å²) in [4.78, 5) is 24.9. The van der Waals surface area contributed by atoms with E-state index in [1.807, 2.05) is 30.3 Å². The number of ether oxygens (including phenoxy) is 3. The number of esters is 2. The second-order valence-electron chi connectivity index (χ2n) is 7.04. The molecule has 2 aromatic carbocycles. The van der Waals surface area contributed by atoms with E-state index in [1.54, 1.807) is 12.1 Å². The van der Waals surface area contributed by atoms with E-state index < -0.39 is 17.7 Å². The van der Waals surface area contributed by atoms with Gasteiger partial charge in [-0.15, -0.1) is 0 Å². The lowest BCUT2D eigenvalue weighted by Gasteiger charge is -2.32. The van der Waals surface area contributed by atoms with E-state index in [0.717, 1.165) is 18.4 Å². The summed E-state index contributed by atoms with van der Waals surface area (Å²) in [6.07, 6.45) is 4.35. The largest absolute Gasteiger partial charge is 0.487 e. The Morgan fingerprint density at radius 2 is 1.55 bits per heavy atom. The van der Waals surface area contributed by atoms with Crippen LogP contribution in [0.2, 0.25) is 0 Å². The number of hydrogen-bond acceptors (Lipinski definition) is 5. The van der Waals surface area contributed by atoms with E-state index in [2.05, 4.69) is 31.9 Å². The molecule has 1 aliphatic heterocycles. The molecule has 7 heteroatoms. The Hall–Kier alpha value is -2.12. The molecule has 0 aromatic heterocycles. The van der Waals surface area contributed by atoms with Gasteiger partial charge >= 0.3 is 11.9 Å². The van der Waals surface area contributed by atoms with Gasteiger partial charge < -0.3 is 14.2 Å². The van der Waals surface area contributed by atoms with Crippen molar-refractivity contribution in [3.05, 3.63) is 68.1 Å². The average Bonchev–Trinajstić information content (AvgIpc) is 3.12. The first-order valence-electron chi connectivity index (χ1n) is 9.30. The van der Waals surface area contributed by atoms with Crippen molar-refractivity contribution in [1.82, 2.24) is 0 Å². The van der Waals surface area contributed by atoms with Crippen LogP contribution in [0, 0.1) is 0 Å². The van der Waals surface area contributed by atoms with Crippen molar-refractivity contribution >= 4 is 49.9 Å². The summed E-state index contributed by atoms with van der Waals surface area (Å²) in [5.41, 5.74) is 1.58. The molecular weight excluding hydrogens is 504 g/mol. The maximum atomic E-state index is 12.4. The lowest BCUT2D eigenvalue weighted by molar-refractivity contribution is -0.232. The molecule has 1 saturated carbocycles. The number of carbonyl (C=O) groups is 2. The molecule has 2 fully saturated rings. The van der Waals surface area contributed by atoms with Gasteiger partial charge in [-0.05, 0) is 74.0 Å². The first kappa shape index (κ1) is 20.2. The molecule has 5 nitrogen and oxygen atoms in total. The molecule has 2 aromatic rings. The normalized spacial score (nSPS) is 17.8. The number of rotatable bonds is 4. The molecule has 0 bridgehead atoms. The molecule has 1 aliphatic carbocycles. The van der Waals surface area contributed by atoms with Crippen molar-refractivity contribution in [3.63, 3.8) is 0 Å². The summed E-state index contributed by atoms with van der Waals surface area (Å²) >= 11 is 7.00. The molecule has 0 atom stereocenters. The summed E-state index contributed by atoms with van der Waals surface area (Å²) in [6, 6.07) is 13.4. The Balaban J connectivity index is 1.53. The first-order chi connectivity index (χ1) is 14.0. The van der Waals surface area contributed by atoms with Crippen LogP contribution in [0.15, 0.2) is 57.0 Å². The zero-order valence-corrected chi connectivity index (χ0v) is 18.6. The summed E-state index contributed by atoms with van der Waals surface area (Å²) in [5.74, 6) is -1.71. The maximum absolute atomic E-state index is 12.4. The smallest absolute Gasteiger partial charge is 0.348 e. The fraction of sp³-hybridized carbons (Fsp3) is 0.273. The fourth-order valence-corrected chi connectivity index (χ4v) is 4.94. The Kier molecular flexibility index (Phi) is 5.79. The molecule has 0 amide bonds. The van der Waals surface area contributed by atoms with Crippen LogP contribution in [0.3, 0.4) is 0 Å². The van der Waals surface area contributed by atoms with Crippen molar-refractivity contribution in [2.75, 3.05) is 0 Å². The third-order valence-electron chi connectivity index (χ3n) is 4.92. The molecule has 150 valence electrons. The van der Waals surface area contributed by atoms with Crippen molar-refractivity contribution < 1.29 is 23.8 Å². The highest BCUT2D eigenvalue weighted by Crippen LogP contribution is 2.40. The van der Waals surface area contributed by atoms with Crippen LogP contribution in [0.1, 0.15) is 36.8 Å². The van der Waals surface area contributed by atoms with E-state index in [0.29, 0.717) is 39.7 Å². The van der Waals surface area contributed by atoms with E-state index in [4.69, 9.17) is 14.2 Å². The predicted octanol–water partition coefficient (Wildman–Crippen LogP) is 5.54. The van der Waals surface area contributed by atoms with Crippen molar-refractivity contribution in [2.45, 2.75) is 38.1 Å². The fourth-order valence-electron chi connectivity index (χ4n) is 3.48. The van der Waals surface area contributed by atoms with Gasteiger partial charge in [0.15, 0.2) is 0 Å². The third-order valence-corrected chi connectivity index (χ3v) is 6.10. The molecule has 0 N–H and O–H groups in total. The molecule has 1 saturated heterocycles. The minimum atomic E-state index is -1.07. The first-order valence-corrected chi connectivity index (χ1v) is 10.9. The number of benzene rings is 2. The molecule has 29 heavy (non-hydrogen) atoms. The minimum absolute atomic E-state index is 0.112. The van der Waals surface area contributed by atoms with Crippen LogP contribution in [0.25, 0.3) is 6.08 Å². The molecule has 4 rings (SSSR count). The lowest BCUT2D eigenvalue weighted by atomic mass is 10.1. The lowest BCUT2D eigenvalue weighted by Crippen LogP contribution is -2.44. The van der Waals surface area contributed by atoms with Crippen LogP contribution in [-0.4, -0.2) is 17.7 Å². The van der Waals surface area contributed by atoms with E-state index in [1.165, 1.54) is 6.08 Å². The maximum Gasteiger partial charge on any atom is 0.348 e. The van der Waals surface area contributed by atoms with Gasteiger partial charge in [0, 0.05) is 12.8 Å². The zero-order chi connectivity index (χ0) is 20.4. The van der Waals surface area contributed by atoms with Gasteiger partial charge in [0.05, 0.1) is 8.95 Å². The topological polar surface area (TPSA) is 61.8 Å². The minimum Gasteiger partial charge on any atom is -0.487 e. The summed E-state index contributed by atoms with van der Waals surface area (Å²) < 4.78 is 18.2. The van der Waals surface area contributed by atoms with Gasteiger partial charge in [-0.3, -0.25) is 0 Å². The Morgan fingerprint density at radius 3 is 2.14 bits per heavy atom. The summed E-state index contributed by atoms with van der Waals surface area (Å²) in [7, 11) is 0. The Bertz CT molecular complexity index is 933. The number of carbonyl (C=O) groups excluding carboxylic acids is 2.